The van der Waals surface area contributed by atoms with Gasteiger partial charge in [0.2, 0.25) is 11.8 Å². The van der Waals surface area contributed by atoms with Crippen LogP contribution >= 0.6 is 0 Å². The van der Waals surface area contributed by atoms with Crippen LogP contribution in [-0.4, -0.2) is 29.9 Å². The van der Waals surface area contributed by atoms with Gasteiger partial charge in [0.15, 0.2) is 0 Å². The minimum absolute atomic E-state index is 0.113. The minimum atomic E-state index is -0.640. The second kappa shape index (κ2) is 10.3. The van der Waals surface area contributed by atoms with Crippen molar-refractivity contribution in [3.05, 3.63) is 89.9 Å². The molecule has 0 fully saturated rings. The van der Waals surface area contributed by atoms with Crippen LogP contribution in [0.2, 0.25) is 0 Å². The smallest absolute Gasteiger partial charge is 0.242 e. The quantitative estimate of drug-likeness (QED) is 0.590. The van der Waals surface area contributed by atoms with E-state index in [1.807, 2.05) is 54.6 Å². The lowest BCUT2D eigenvalue weighted by Gasteiger charge is -2.29. The molecule has 1 atom stereocenters. The molecule has 0 spiro atoms. The summed E-state index contributed by atoms with van der Waals surface area (Å²) in [5.74, 6) is 1.05. The summed E-state index contributed by atoms with van der Waals surface area (Å²) < 4.78 is 10.5. The van der Waals surface area contributed by atoms with Gasteiger partial charge in [-0.25, -0.2) is 0 Å². The average Bonchev–Trinajstić information content (AvgIpc) is 3.30. The fourth-order valence-corrected chi connectivity index (χ4v) is 3.12. The molecule has 0 aliphatic rings. The lowest BCUT2D eigenvalue weighted by Crippen LogP contribution is -2.47. The van der Waals surface area contributed by atoms with Gasteiger partial charge in [0.25, 0.3) is 0 Å². The Morgan fingerprint density at radius 2 is 1.73 bits per heavy atom. The molecule has 0 saturated heterocycles. The summed E-state index contributed by atoms with van der Waals surface area (Å²) in [6.45, 7) is 2.34. The summed E-state index contributed by atoms with van der Waals surface area (Å²) in [6.07, 6.45) is 1.79. The lowest BCUT2D eigenvalue weighted by atomic mass is 10.1. The molecule has 0 saturated carbocycles. The topological polar surface area (TPSA) is 71.8 Å². The summed E-state index contributed by atoms with van der Waals surface area (Å²) in [6, 6.07) is 19.9. The van der Waals surface area contributed by atoms with Gasteiger partial charge in [0.05, 0.1) is 26.3 Å². The Kier molecular flexibility index (Phi) is 7.27. The van der Waals surface area contributed by atoms with Crippen LogP contribution in [0.4, 0.5) is 0 Å². The molecule has 156 valence electrons. The van der Waals surface area contributed by atoms with Crippen LogP contribution in [0.15, 0.2) is 77.4 Å². The molecule has 6 heteroatoms. The van der Waals surface area contributed by atoms with Gasteiger partial charge < -0.3 is 19.4 Å². The van der Waals surface area contributed by atoms with Gasteiger partial charge in [-0.3, -0.25) is 9.59 Å². The molecule has 0 aliphatic carbocycles. The maximum atomic E-state index is 13.1. The van der Waals surface area contributed by atoms with Crippen molar-refractivity contribution >= 4 is 11.8 Å². The van der Waals surface area contributed by atoms with Gasteiger partial charge in [-0.2, -0.15) is 0 Å². The van der Waals surface area contributed by atoms with Crippen molar-refractivity contribution in [2.45, 2.75) is 32.5 Å². The van der Waals surface area contributed by atoms with E-state index in [1.165, 1.54) is 0 Å². The Labute approximate surface area is 176 Å². The van der Waals surface area contributed by atoms with Crippen LogP contribution in [0.5, 0.6) is 5.75 Å². The Hall–Kier alpha value is -3.54. The van der Waals surface area contributed by atoms with Crippen LogP contribution in [-0.2, 0) is 29.1 Å². The fourth-order valence-electron chi connectivity index (χ4n) is 3.12. The Balaban J connectivity index is 1.74. The van der Waals surface area contributed by atoms with Crippen LogP contribution in [0.1, 0.15) is 23.8 Å². The van der Waals surface area contributed by atoms with E-state index in [0.717, 1.165) is 16.9 Å². The second-order valence-corrected chi connectivity index (χ2v) is 7.01. The number of rotatable bonds is 9. The van der Waals surface area contributed by atoms with E-state index in [4.69, 9.17) is 9.15 Å². The monoisotopic (exact) mass is 406 g/mol. The number of hydrogen-bond donors (Lipinski definition) is 1. The zero-order valence-corrected chi connectivity index (χ0v) is 17.2. The van der Waals surface area contributed by atoms with E-state index < -0.39 is 6.04 Å². The maximum Gasteiger partial charge on any atom is 0.242 e. The molecular formula is C24H26N2O4. The highest BCUT2D eigenvalue weighted by Crippen LogP contribution is 2.16. The van der Waals surface area contributed by atoms with Crippen LogP contribution in [0.25, 0.3) is 0 Å². The predicted octanol–water partition coefficient (Wildman–Crippen LogP) is 3.56. The molecule has 6 nitrogen and oxygen atoms in total. The van der Waals surface area contributed by atoms with Gasteiger partial charge in [-0.05, 0) is 42.3 Å². The number of ether oxygens (including phenoxy) is 1. The highest BCUT2D eigenvalue weighted by atomic mass is 16.5. The molecule has 0 radical (unpaired) electrons. The molecule has 0 aliphatic heterocycles. The summed E-state index contributed by atoms with van der Waals surface area (Å²) in [4.78, 5) is 27.5. The minimum Gasteiger partial charge on any atom is -0.497 e. The van der Waals surface area contributed by atoms with Crippen molar-refractivity contribution in [2.75, 3.05) is 7.11 Å². The van der Waals surface area contributed by atoms with E-state index in [2.05, 4.69) is 5.32 Å². The van der Waals surface area contributed by atoms with Gasteiger partial charge in [0.1, 0.15) is 17.6 Å². The van der Waals surface area contributed by atoms with E-state index in [9.17, 15) is 9.59 Å². The first-order valence-electron chi connectivity index (χ1n) is 9.83. The number of hydrogen-bond acceptors (Lipinski definition) is 4. The highest BCUT2D eigenvalue weighted by Gasteiger charge is 2.26. The van der Waals surface area contributed by atoms with Crippen LogP contribution in [0.3, 0.4) is 0 Å². The largest absolute Gasteiger partial charge is 0.497 e. The Morgan fingerprint density at radius 3 is 2.37 bits per heavy atom. The third kappa shape index (κ3) is 5.73. The van der Waals surface area contributed by atoms with Crippen molar-refractivity contribution in [2.24, 2.45) is 0 Å². The number of benzene rings is 2. The molecule has 2 amide bonds. The third-order valence-corrected chi connectivity index (χ3v) is 4.89. The van der Waals surface area contributed by atoms with Crippen molar-refractivity contribution in [3.8, 4) is 5.75 Å². The SMILES string of the molecule is COc1ccc(CN(C(=O)Cc2ccccc2)C(C)C(=O)NCc2ccco2)cc1. The molecule has 3 aromatic rings. The number of nitrogens with one attached hydrogen (secondary N) is 1. The van der Waals surface area contributed by atoms with Crippen LogP contribution in [0, 0.1) is 0 Å². The first-order chi connectivity index (χ1) is 14.6. The third-order valence-electron chi connectivity index (χ3n) is 4.89. The molecule has 1 aromatic heterocycles. The lowest BCUT2D eigenvalue weighted by molar-refractivity contribution is -0.140. The first kappa shape index (κ1) is 21.2. The Morgan fingerprint density at radius 1 is 1.00 bits per heavy atom. The molecular weight excluding hydrogens is 380 g/mol. The molecule has 3 rings (SSSR count). The molecule has 1 N–H and O–H groups in total. The number of carbonyl (C=O) groups is 2. The fraction of sp³-hybridized carbons (Fsp3) is 0.250. The summed E-state index contributed by atoms with van der Waals surface area (Å²) in [7, 11) is 1.61. The highest BCUT2D eigenvalue weighted by molar-refractivity contribution is 5.88. The predicted molar refractivity (Wildman–Crippen MR) is 114 cm³/mol. The standard InChI is InChI=1S/C24H26N2O4/c1-18(24(28)25-16-22-9-6-14-30-22)26(17-20-10-12-21(29-2)13-11-20)23(27)15-19-7-4-3-5-8-19/h3-14,18H,15-17H2,1-2H3,(H,25,28). The van der Waals surface area contributed by atoms with E-state index in [1.54, 1.807) is 37.3 Å². The number of amides is 2. The first-order valence-corrected chi connectivity index (χ1v) is 9.83. The number of carbonyl (C=O) groups excluding carboxylic acids is 2. The van der Waals surface area contributed by atoms with Gasteiger partial charge in [0, 0.05) is 6.54 Å². The summed E-state index contributed by atoms with van der Waals surface area (Å²) >= 11 is 0. The normalized spacial score (nSPS) is 11.5. The van der Waals surface area contributed by atoms with Gasteiger partial charge in [-0.1, -0.05) is 42.5 Å². The van der Waals surface area contributed by atoms with E-state index >= 15 is 0 Å². The molecule has 1 unspecified atom stereocenters. The second-order valence-electron chi connectivity index (χ2n) is 7.01. The zero-order chi connectivity index (χ0) is 21.3. The molecule has 2 aromatic carbocycles. The molecule has 0 bridgehead atoms. The van der Waals surface area contributed by atoms with Crippen LogP contribution < -0.4 is 10.1 Å². The molecule has 30 heavy (non-hydrogen) atoms. The summed E-state index contributed by atoms with van der Waals surface area (Å²) in [5.41, 5.74) is 1.83. The Bertz CT molecular complexity index is 937. The summed E-state index contributed by atoms with van der Waals surface area (Å²) in [5, 5.41) is 2.84. The van der Waals surface area contributed by atoms with E-state index in [0.29, 0.717) is 12.3 Å². The number of methoxy groups -OCH3 is 1. The number of nitrogens with zero attached hydrogens (tertiary/aromatic N) is 1. The van der Waals surface area contributed by atoms with Crippen molar-refractivity contribution < 1.29 is 18.7 Å². The zero-order valence-electron chi connectivity index (χ0n) is 17.2. The van der Waals surface area contributed by atoms with Gasteiger partial charge in [-0.15, -0.1) is 0 Å². The maximum absolute atomic E-state index is 13.1. The van der Waals surface area contributed by atoms with Crippen molar-refractivity contribution in [1.82, 2.24) is 10.2 Å². The van der Waals surface area contributed by atoms with Crippen molar-refractivity contribution in [3.63, 3.8) is 0 Å². The average molecular weight is 406 g/mol. The van der Waals surface area contributed by atoms with E-state index in [-0.39, 0.29) is 24.8 Å². The molecule has 1 heterocycles. The number of furan rings is 1. The van der Waals surface area contributed by atoms with Gasteiger partial charge >= 0.3 is 0 Å². The van der Waals surface area contributed by atoms with Crippen molar-refractivity contribution in [1.29, 1.82) is 0 Å².